The van der Waals surface area contributed by atoms with Gasteiger partial charge in [-0.3, -0.25) is 4.98 Å². The van der Waals surface area contributed by atoms with Gasteiger partial charge in [-0.05, 0) is 18.2 Å². The lowest BCUT2D eigenvalue weighted by atomic mass is 10.3. The van der Waals surface area contributed by atoms with Crippen molar-refractivity contribution in [3.63, 3.8) is 0 Å². The molecule has 0 bridgehead atoms. The lowest BCUT2D eigenvalue weighted by molar-refractivity contribution is 0.506. The fraction of sp³-hybridized carbons (Fsp3) is 0.0909. The quantitative estimate of drug-likeness (QED) is 0.912. The van der Waals surface area contributed by atoms with Crippen LogP contribution in [0, 0.1) is 11.6 Å². The lowest BCUT2D eigenvalue weighted by Crippen LogP contribution is -1.94. The van der Waals surface area contributed by atoms with Crippen molar-refractivity contribution in [3.8, 4) is 0 Å². The minimum atomic E-state index is -0.868. The van der Waals surface area contributed by atoms with E-state index in [4.69, 9.17) is 0 Å². The van der Waals surface area contributed by atoms with E-state index in [-0.39, 0.29) is 0 Å². The highest BCUT2D eigenvalue weighted by Gasteiger charge is 2.05. The van der Waals surface area contributed by atoms with E-state index in [9.17, 15) is 8.78 Å². The summed E-state index contributed by atoms with van der Waals surface area (Å²) >= 11 is 1.22. The minimum Gasteiger partial charge on any atom is -0.372 e. The third-order valence-electron chi connectivity index (χ3n) is 1.98. The Balaban J connectivity index is 2.22. The summed E-state index contributed by atoms with van der Waals surface area (Å²) in [4.78, 5) is 8.77. The Morgan fingerprint density at radius 3 is 2.71 bits per heavy atom. The second-order valence-electron chi connectivity index (χ2n) is 3.17. The van der Waals surface area contributed by atoms with E-state index in [1.165, 1.54) is 17.8 Å². The number of nitrogens with zero attached hydrogens (tertiary/aromatic N) is 2. The highest BCUT2D eigenvalue weighted by Crippen LogP contribution is 2.27. The van der Waals surface area contributed by atoms with Crippen LogP contribution in [0.3, 0.4) is 0 Å². The standard InChI is InChI=1S/C11H9F2N3S/c1-14-10-5-15-6-11(16-10)17-7-2-3-8(12)9(13)4-7/h2-6H,1H3,(H,14,16). The first-order chi connectivity index (χ1) is 8.19. The zero-order chi connectivity index (χ0) is 12.3. The van der Waals surface area contributed by atoms with Crippen molar-refractivity contribution in [1.82, 2.24) is 9.97 Å². The van der Waals surface area contributed by atoms with E-state index in [0.29, 0.717) is 15.7 Å². The van der Waals surface area contributed by atoms with Crippen LogP contribution in [0.15, 0.2) is 40.5 Å². The molecule has 0 unspecified atom stereocenters. The van der Waals surface area contributed by atoms with E-state index < -0.39 is 11.6 Å². The molecule has 1 N–H and O–H groups in total. The fourth-order valence-electron chi connectivity index (χ4n) is 1.18. The first kappa shape index (κ1) is 11.8. The molecule has 0 aliphatic carbocycles. The average molecular weight is 253 g/mol. The Morgan fingerprint density at radius 1 is 1.18 bits per heavy atom. The van der Waals surface area contributed by atoms with Gasteiger partial charge in [0, 0.05) is 11.9 Å². The number of rotatable bonds is 3. The molecular weight excluding hydrogens is 244 g/mol. The molecule has 2 aromatic rings. The largest absolute Gasteiger partial charge is 0.372 e. The van der Waals surface area contributed by atoms with E-state index in [2.05, 4.69) is 15.3 Å². The van der Waals surface area contributed by atoms with E-state index in [1.807, 2.05) is 0 Å². The van der Waals surface area contributed by atoms with Crippen molar-refractivity contribution in [2.24, 2.45) is 0 Å². The average Bonchev–Trinajstić information content (AvgIpc) is 2.34. The zero-order valence-corrected chi connectivity index (χ0v) is 9.76. The molecule has 3 nitrogen and oxygen atoms in total. The molecule has 17 heavy (non-hydrogen) atoms. The summed E-state index contributed by atoms with van der Waals surface area (Å²) in [6, 6.07) is 3.72. The second kappa shape index (κ2) is 5.09. The topological polar surface area (TPSA) is 37.8 Å². The fourth-order valence-corrected chi connectivity index (χ4v) is 1.98. The summed E-state index contributed by atoms with van der Waals surface area (Å²) < 4.78 is 25.7. The summed E-state index contributed by atoms with van der Waals surface area (Å²) in [6.45, 7) is 0. The second-order valence-corrected chi connectivity index (χ2v) is 4.26. The van der Waals surface area contributed by atoms with E-state index in [0.717, 1.165) is 12.1 Å². The van der Waals surface area contributed by atoms with Crippen LogP contribution in [0.4, 0.5) is 14.6 Å². The molecule has 0 aliphatic rings. The molecule has 0 radical (unpaired) electrons. The molecule has 6 heteroatoms. The highest BCUT2D eigenvalue weighted by atomic mass is 32.2. The monoisotopic (exact) mass is 253 g/mol. The molecule has 0 saturated heterocycles. The molecule has 1 aromatic heterocycles. The van der Waals surface area contributed by atoms with Crippen molar-refractivity contribution < 1.29 is 8.78 Å². The van der Waals surface area contributed by atoms with E-state index in [1.54, 1.807) is 19.4 Å². The first-order valence-corrected chi connectivity index (χ1v) is 5.63. The summed E-state index contributed by atoms with van der Waals surface area (Å²) in [6.07, 6.45) is 3.14. The summed E-state index contributed by atoms with van der Waals surface area (Å²) in [5.41, 5.74) is 0. The van der Waals surface area contributed by atoms with Gasteiger partial charge in [0.05, 0.1) is 12.4 Å². The maximum Gasteiger partial charge on any atom is 0.159 e. The van der Waals surface area contributed by atoms with Crippen molar-refractivity contribution in [2.45, 2.75) is 9.92 Å². The molecule has 0 atom stereocenters. The molecule has 0 aliphatic heterocycles. The van der Waals surface area contributed by atoms with Crippen LogP contribution < -0.4 is 5.32 Å². The van der Waals surface area contributed by atoms with Crippen LogP contribution in [0.2, 0.25) is 0 Å². The normalized spacial score (nSPS) is 10.3. The summed E-state index contributed by atoms with van der Waals surface area (Å²) in [7, 11) is 1.73. The molecule has 1 heterocycles. The molecule has 88 valence electrons. The third-order valence-corrected chi connectivity index (χ3v) is 2.88. The Labute approximate surface area is 101 Å². The van der Waals surface area contributed by atoms with Crippen LogP contribution >= 0.6 is 11.8 Å². The Kier molecular flexibility index (Phi) is 3.53. The Bertz CT molecular complexity index is 534. The Morgan fingerprint density at radius 2 is 2.00 bits per heavy atom. The number of hydrogen-bond acceptors (Lipinski definition) is 4. The van der Waals surface area contributed by atoms with Gasteiger partial charge >= 0.3 is 0 Å². The maximum atomic E-state index is 13.0. The van der Waals surface area contributed by atoms with Gasteiger partial charge in [0.2, 0.25) is 0 Å². The SMILES string of the molecule is CNc1cncc(Sc2ccc(F)c(F)c2)n1. The van der Waals surface area contributed by atoms with Gasteiger partial charge in [0.1, 0.15) is 10.8 Å². The molecule has 1 aromatic carbocycles. The van der Waals surface area contributed by atoms with Gasteiger partial charge in [0.15, 0.2) is 11.6 Å². The van der Waals surface area contributed by atoms with Crippen LogP contribution in [0.5, 0.6) is 0 Å². The van der Waals surface area contributed by atoms with Crippen LogP contribution in [-0.4, -0.2) is 17.0 Å². The molecule has 2 rings (SSSR count). The molecule has 0 saturated carbocycles. The van der Waals surface area contributed by atoms with Gasteiger partial charge < -0.3 is 5.32 Å². The van der Waals surface area contributed by atoms with Crippen LogP contribution in [0.25, 0.3) is 0 Å². The highest BCUT2D eigenvalue weighted by molar-refractivity contribution is 7.99. The first-order valence-electron chi connectivity index (χ1n) is 4.82. The van der Waals surface area contributed by atoms with Crippen molar-refractivity contribution in [1.29, 1.82) is 0 Å². The smallest absolute Gasteiger partial charge is 0.159 e. The number of nitrogens with one attached hydrogen (secondary N) is 1. The lowest BCUT2D eigenvalue weighted by Gasteiger charge is -2.03. The minimum absolute atomic E-state index is 0.575. The maximum absolute atomic E-state index is 13.0. The molecule has 0 spiro atoms. The Hall–Kier alpha value is -1.69. The predicted octanol–water partition coefficient (Wildman–Crippen LogP) is 2.95. The van der Waals surface area contributed by atoms with Crippen molar-refractivity contribution >= 4 is 17.6 Å². The van der Waals surface area contributed by atoms with Crippen LogP contribution in [-0.2, 0) is 0 Å². The number of benzene rings is 1. The van der Waals surface area contributed by atoms with Crippen molar-refractivity contribution in [2.75, 3.05) is 12.4 Å². The summed E-state index contributed by atoms with van der Waals surface area (Å²) in [5, 5.41) is 3.47. The molecule has 0 fully saturated rings. The molecule has 0 amide bonds. The van der Waals surface area contributed by atoms with Gasteiger partial charge in [-0.25, -0.2) is 13.8 Å². The van der Waals surface area contributed by atoms with Gasteiger partial charge in [0.25, 0.3) is 0 Å². The third kappa shape index (κ3) is 2.91. The number of halogens is 2. The predicted molar refractivity (Wildman–Crippen MR) is 62.1 cm³/mol. The van der Waals surface area contributed by atoms with Gasteiger partial charge in [-0.15, -0.1) is 0 Å². The summed E-state index contributed by atoms with van der Waals surface area (Å²) in [5.74, 6) is -1.10. The van der Waals surface area contributed by atoms with Gasteiger partial charge in [-0.2, -0.15) is 0 Å². The van der Waals surface area contributed by atoms with Crippen LogP contribution in [0.1, 0.15) is 0 Å². The number of aromatic nitrogens is 2. The van der Waals surface area contributed by atoms with Crippen molar-refractivity contribution in [3.05, 3.63) is 42.2 Å². The zero-order valence-electron chi connectivity index (χ0n) is 8.95. The molecular formula is C11H9F2N3S. The number of hydrogen-bond donors (Lipinski definition) is 1. The van der Waals surface area contributed by atoms with E-state index >= 15 is 0 Å². The number of anilines is 1. The van der Waals surface area contributed by atoms with Gasteiger partial charge in [-0.1, -0.05) is 11.8 Å².